The highest BCUT2D eigenvalue weighted by Gasteiger charge is 2.33. The summed E-state index contributed by atoms with van der Waals surface area (Å²) in [6.07, 6.45) is 2.05. The Labute approximate surface area is 166 Å². The number of hydrogen-bond acceptors (Lipinski definition) is 4. The van der Waals surface area contributed by atoms with Crippen molar-refractivity contribution in [1.82, 2.24) is 25.0 Å². The van der Waals surface area contributed by atoms with Crippen molar-refractivity contribution < 1.29 is 13.2 Å². The number of thiazole rings is 1. The van der Waals surface area contributed by atoms with E-state index in [9.17, 15) is 13.2 Å². The largest absolute Gasteiger partial charge is 0.434 e. The Balaban J connectivity index is 1.54. The summed E-state index contributed by atoms with van der Waals surface area (Å²) in [6.45, 7) is 5.01. The first-order chi connectivity index (χ1) is 13.3. The number of likely N-dealkylation sites (tertiary alicyclic amines) is 1. The summed E-state index contributed by atoms with van der Waals surface area (Å²) in [6, 6.07) is 0. The van der Waals surface area contributed by atoms with E-state index in [1.54, 1.807) is 0 Å². The third-order valence-corrected chi connectivity index (χ3v) is 5.54. The summed E-state index contributed by atoms with van der Waals surface area (Å²) in [7, 11) is 1.92. The Kier molecular flexibility index (Phi) is 6.58. The molecular weight excluding hydrogens is 389 g/mol. The molecule has 3 rings (SSSR count). The molecule has 0 spiro atoms. The normalized spacial score (nSPS) is 18.1. The van der Waals surface area contributed by atoms with Gasteiger partial charge in [-0.25, -0.2) is 4.98 Å². The predicted octanol–water partition coefficient (Wildman–Crippen LogP) is 2.97. The third kappa shape index (κ3) is 5.46. The topological polar surface area (TPSA) is 58.3 Å². The predicted molar refractivity (Wildman–Crippen MR) is 103 cm³/mol. The summed E-state index contributed by atoms with van der Waals surface area (Å²) in [4.78, 5) is 10.5. The zero-order valence-corrected chi connectivity index (χ0v) is 16.9. The van der Waals surface area contributed by atoms with Gasteiger partial charge < -0.3 is 10.2 Å². The average molecular weight is 415 g/mol. The molecule has 0 aliphatic carbocycles. The van der Waals surface area contributed by atoms with Crippen molar-refractivity contribution in [3.05, 3.63) is 34.0 Å². The van der Waals surface area contributed by atoms with E-state index in [4.69, 9.17) is 0 Å². The fourth-order valence-electron chi connectivity index (χ4n) is 3.34. The molecule has 6 nitrogen and oxygen atoms in total. The van der Waals surface area contributed by atoms with Crippen molar-refractivity contribution >= 4 is 17.3 Å². The molecule has 1 unspecified atom stereocenters. The second kappa shape index (κ2) is 8.93. The molecule has 1 N–H and O–H groups in total. The maximum atomic E-state index is 12.6. The van der Waals surface area contributed by atoms with E-state index in [0.717, 1.165) is 55.2 Å². The minimum absolute atomic E-state index is 0.405. The van der Waals surface area contributed by atoms with Crippen LogP contribution in [0, 0.1) is 5.92 Å². The van der Waals surface area contributed by atoms with Crippen molar-refractivity contribution in [3.8, 4) is 0 Å². The molecule has 1 aliphatic rings. The standard InChI is InChI=1S/C18H25F3N6S/c1-3-22-17(23-6-4-16-25-15(12-28-16)18(19,20)21)27-7-5-13(11-27)8-14-9-24-26(2)10-14/h9-10,12-13H,3-8,11H2,1-2H3,(H,22,23). The summed E-state index contributed by atoms with van der Waals surface area (Å²) >= 11 is 1.04. The molecule has 0 saturated carbocycles. The van der Waals surface area contributed by atoms with Crippen LogP contribution in [0.1, 0.15) is 29.6 Å². The van der Waals surface area contributed by atoms with Crippen molar-refractivity contribution in [2.45, 2.75) is 32.4 Å². The van der Waals surface area contributed by atoms with Crippen LogP contribution in [0.2, 0.25) is 0 Å². The van der Waals surface area contributed by atoms with E-state index < -0.39 is 11.9 Å². The lowest BCUT2D eigenvalue weighted by molar-refractivity contribution is -0.140. The summed E-state index contributed by atoms with van der Waals surface area (Å²) in [5.41, 5.74) is 0.418. The van der Waals surface area contributed by atoms with Gasteiger partial charge >= 0.3 is 6.18 Å². The number of halogens is 3. The number of guanidine groups is 1. The van der Waals surface area contributed by atoms with Crippen LogP contribution in [-0.2, 0) is 26.1 Å². The lowest BCUT2D eigenvalue weighted by atomic mass is 10.0. The lowest BCUT2D eigenvalue weighted by Gasteiger charge is -2.21. The number of aliphatic imine (C=N–C) groups is 1. The summed E-state index contributed by atoms with van der Waals surface area (Å²) < 4.78 is 39.8. The van der Waals surface area contributed by atoms with Gasteiger partial charge in [0.05, 0.1) is 11.2 Å². The van der Waals surface area contributed by atoms with Gasteiger partial charge in [0.1, 0.15) is 0 Å². The Morgan fingerprint density at radius 3 is 2.89 bits per heavy atom. The van der Waals surface area contributed by atoms with Crippen LogP contribution < -0.4 is 5.32 Å². The monoisotopic (exact) mass is 414 g/mol. The minimum atomic E-state index is -4.38. The van der Waals surface area contributed by atoms with Crippen LogP contribution in [0.5, 0.6) is 0 Å². The SMILES string of the molecule is CCNC(=NCCc1nc(C(F)(F)F)cs1)N1CCC(Cc2cnn(C)c2)C1. The summed E-state index contributed by atoms with van der Waals surface area (Å²) in [5, 5.41) is 9.04. The molecule has 2 aromatic rings. The molecule has 1 fully saturated rings. The number of nitrogens with one attached hydrogen (secondary N) is 1. The zero-order valence-electron chi connectivity index (χ0n) is 16.0. The van der Waals surface area contributed by atoms with Crippen molar-refractivity contribution in [2.24, 2.45) is 18.0 Å². The van der Waals surface area contributed by atoms with Crippen LogP contribution in [0.4, 0.5) is 13.2 Å². The number of aromatic nitrogens is 3. The number of hydrogen-bond donors (Lipinski definition) is 1. The maximum Gasteiger partial charge on any atom is 0.434 e. The molecule has 10 heteroatoms. The van der Waals surface area contributed by atoms with Gasteiger partial charge in [0.25, 0.3) is 0 Å². The van der Waals surface area contributed by atoms with Gasteiger partial charge in [0, 0.05) is 51.2 Å². The maximum absolute atomic E-state index is 12.6. The molecule has 0 radical (unpaired) electrons. The second-order valence-corrected chi connectivity index (χ2v) is 7.88. The second-order valence-electron chi connectivity index (χ2n) is 6.94. The van der Waals surface area contributed by atoms with E-state index in [-0.39, 0.29) is 0 Å². The zero-order chi connectivity index (χ0) is 20.1. The highest BCUT2D eigenvalue weighted by molar-refractivity contribution is 7.09. The highest BCUT2D eigenvalue weighted by Crippen LogP contribution is 2.30. The van der Waals surface area contributed by atoms with E-state index in [1.807, 2.05) is 31.0 Å². The molecule has 0 amide bonds. The number of aryl methyl sites for hydroxylation is 1. The van der Waals surface area contributed by atoms with Gasteiger partial charge in [0.15, 0.2) is 11.7 Å². The van der Waals surface area contributed by atoms with Crippen LogP contribution in [0.15, 0.2) is 22.8 Å². The summed E-state index contributed by atoms with van der Waals surface area (Å²) in [5.74, 6) is 1.37. The smallest absolute Gasteiger partial charge is 0.357 e. The molecule has 3 heterocycles. The molecule has 1 saturated heterocycles. The number of nitrogens with zero attached hydrogens (tertiary/aromatic N) is 5. The molecule has 1 atom stereocenters. The molecule has 0 aromatic carbocycles. The van der Waals surface area contributed by atoms with Crippen LogP contribution in [0.25, 0.3) is 0 Å². The highest BCUT2D eigenvalue weighted by atomic mass is 32.1. The number of alkyl halides is 3. The lowest BCUT2D eigenvalue weighted by Crippen LogP contribution is -2.40. The molecule has 28 heavy (non-hydrogen) atoms. The fraction of sp³-hybridized carbons (Fsp3) is 0.611. The van der Waals surface area contributed by atoms with Gasteiger partial charge in [0.2, 0.25) is 0 Å². The first-order valence-electron chi connectivity index (χ1n) is 9.37. The van der Waals surface area contributed by atoms with E-state index >= 15 is 0 Å². The van der Waals surface area contributed by atoms with Gasteiger partial charge in [-0.2, -0.15) is 18.3 Å². The van der Waals surface area contributed by atoms with E-state index in [2.05, 4.69) is 25.3 Å². The van der Waals surface area contributed by atoms with Crippen LogP contribution >= 0.6 is 11.3 Å². The van der Waals surface area contributed by atoms with Gasteiger partial charge in [-0.3, -0.25) is 9.67 Å². The molecule has 1 aliphatic heterocycles. The Morgan fingerprint density at radius 2 is 2.25 bits per heavy atom. The van der Waals surface area contributed by atoms with Crippen molar-refractivity contribution in [2.75, 3.05) is 26.2 Å². The van der Waals surface area contributed by atoms with E-state index in [0.29, 0.717) is 23.9 Å². The van der Waals surface area contributed by atoms with Gasteiger partial charge in [-0.15, -0.1) is 11.3 Å². The Morgan fingerprint density at radius 1 is 1.43 bits per heavy atom. The quantitative estimate of drug-likeness (QED) is 0.583. The fourth-order valence-corrected chi connectivity index (χ4v) is 4.14. The van der Waals surface area contributed by atoms with Crippen LogP contribution in [-0.4, -0.2) is 51.8 Å². The third-order valence-electron chi connectivity index (χ3n) is 4.63. The van der Waals surface area contributed by atoms with E-state index in [1.165, 1.54) is 5.56 Å². The first kappa shape index (κ1) is 20.6. The van der Waals surface area contributed by atoms with Gasteiger partial charge in [-0.1, -0.05) is 0 Å². The van der Waals surface area contributed by atoms with Gasteiger partial charge in [-0.05, 0) is 31.2 Å². The molecule has 154 valence electrons. The molecule has 2 aromatic heterocycles. The van der Waals surface area contributed by atoms with Crippen LogP contribution in [0.3, 0.4) is 0 Å². The molecule has 0 bridgehead atoms. The van der Waals surface area contributed by atoms with Crippen molar-refractivity contribution in [1.29, 1.82) is 0 Å². The first-order valence-corrected chi connectivity index (χ1v) is 10.3. The number of rotatable bonds is 6. The van der Waals surface area contributed by atoms with Crippen molar-refractivity contribution in [3.63, 3.8) is 0 Å². The average Bonchev–Trinajstić information content (AvgIpc) is 3.35. The minimum Gasteiger partial charge on any atom is -0.357 e. The molecular formula is C18H25F3N6S. The Bertz CT molecular complexity index is 797. The Hall–Kier alpha value is -2.10.